The van der Waals surface area contributed by atoms with Gasteiger partial charge in [0.25, 0.3) is 0 Å². The molecule has 2 nitrogen and oxygen atoms in total. The van der Waals surface area contributed by atoms with E-state index in [1.807, 2.05) is 6.07 Å². The third-order valence-electron chi connectivity index (χ3n) is 3.21. The van der Waals surface area contributed by atoms with E-state index in [0.29, 0.717) is 0 Å². The molecule has 0 fully saturated rings. The van der Waals surface area contributed by atoms with Crippen LogP contribution in [0.1, 0.15) is 29.2 Å². The van der Waals surface area contributed by atoms with Gasteiger partial charge >= 0.3 is 0 Å². The average molecular weight is 271 g/mol. The summed E-state index contributed by atoms with van der Waals surface area (Å²) in [5.41, 5.74) is 2.22. The highest BCUT2D eigenvalue weighted by atomic mass is 32.1. The summed E-state index contributed by atoms with van der Waals surface area (Å²) in [6.07, 6.45) is 0. The second kappa shape index (κ2) is 5.19. The summed E-state index contributed by atoms with van der Waals surface area (Å²) >= 11 is 1.76. The van der Waals surface area contributed by atoms with Gasteiger partial charge in [-0.1, -0.05) is 24.6 Å². The number of rotatable bonds is 4. The Morgan fingerprint density at radius 2 is 2.16 bits per heavy atom. The van der Waals surface area contributed by atoms with Crippen LogP contribution in [0.15, 0.2) is 46.2 Å². The molecule has 1 unspecified atom stereocenters. The van der Waals surface area contributed by atoms with Crippen molar-refractivity contribution in [2.75, 3.05) is 6.54 Å². The Hall–Kier alpha value is -1.58. The Bertz CT molecular complexity index is 669. The molecule has 0 aliphatic carbocycles. The van der Waals surface area contributed by atoms with Gasteiger partial charge in [0.15, 0.2) is 0 Å². The largest absolute Gasteiger partial charge is 0.459 e. The van der Waals surface area contributed by atoms with Crippen LogP contribution in [0.25, 0.3) is 11.0 Å². The van der Waals surface area contributed by atoms with Crippen LogP contribution in [-0.2, 0) is 0 Å². The first-order valence-corrected chi connectivity index (χ1v) is 7.43. The van der Waals surface area contributed by atoms with Crippen molar-refractivity contribution >= 4 is 22.3 Å². The molecule has 0 amide bonds. The van der Waals surface area contributed by atoms with E-state index in [9.17, 15) is 0 Å². The summed E-state index contributed by atoms with van der Waals surface area (Å²) in [5, 5.41) is 6.77. The van der Waals surface area contributed by atoms with Crippen LogP contribution in [0.2, 0.25) is 0 Å². The number of furan rings is 1. The number of hydrogen-bond acceptors (Lipinski definition) is 3. The maximum atomic E-state index is 6.01. The summed E-state index contributed by atoms with van der Waals surface area (Å²) in [6, 6.07) is 12.8. The van der Waals surface area contributed by atoms with Crippen molar-refractivity contribution in [3.8, 4) is 0 Å². The van der Waals surface area contributed by atoms with Crippen molar-refractivity contribution < 1.29 is 4.42 Å². The monoisotopic (exact) mass is 271 g/mol. The molecule has 0 bridgehead atoms. The van der Waals surface area contributed by atoms with Gasteiger partial charge in [0.2, 0.25) is 0 Å². The molecular formula is C16H17NOS. The molecule has 19 heavy (non-hydrogen) atoms. The van der Waals surface area contributed by atoms with E-state index >= 15 is 0 Å². The van der Waals surface area contributed by atoms with Crippen molar-refractivity contribution in [2.45, 2.75) is 19.9 Å². The fourth-order valence-corrected chi connectivity index (χ4v) is 3.13. The minimum atomic E-state index is 0.151. The van der Waals surface area contributed by atoms with Crippen LogP contribution < -0.4 is 5.32 Å². The van der Waals surface area contributed by atoms with Crippen molar-refractivity contribution in [2.24, 2.45) is 0 Å². The first-order valence-electron chi connectivity index (χ1n) is 6.55. The molecule has 0 aliphatic heterocycles. The molecule has 2 aromatic heterocycles. The molecule has 0 aliphatic rings. The third kappa shape index (κ3) is 2.44. The zero-order chi connectivity index (χ0) is 13.2. The van der Waals surface area contributed by atoms with E-state index in [1.165, 1.54) is 15.8 Å². The topological polar surface area (TPSA) is 25.2 Å². The zero-order valence-electron chi connectivity index (χ0n) is 11.1. The Morgan fingerprint density at radius 1 is 1.26 bits per heavy atom. The van der Waals surface area contributed by atoms with Crippen LogP contribution >= 0.6 is 11.3 Å². The molecule has 1 aromatic carbocycles. The Morgan fingerprint density at radius 3 is 2.89 bits per heavy atom. The lowest BCUT2D eigenvalue weighted by Gasteiger charge is -2.13. The number of benzene rings is 1. The summed E-state index contributed by atoms with van der Waals surface area (Å²) < 4.78 is 6.01. The number of nitrogens with one attached hydrogen (secondary N) is 1. The lowest BCUT2D eigenvalue weighted by atomic mass is 10.1. The molecule has 0 saturated heterocycles. The number of thiophene rings is 1. The molecule has 98 valence electrons. The third-order valence-corrected chi connectivity index (χ3v) is 4.15. The Kier molecular flexibility index (Phi) is 3.40. The number of hydrogen-bond donors (Lipinski definition) is 1. The van der Waals surface area contributed by atoms with Crippen LogP contribution in [0.4, 0.5) is 0 Å². The van der Waals surface area contributed by atoms with Crippen molar-refractivity contribution in [3.05, 3.63) is 58.0 Å². The molecule has 0 saturated carbocycles. The first-order chi connectivity index (χ1) is 9.28. The molecular weight excluding hydrogens is 254 g/mol. The summed E-state index contributed by atoms with van der Waals surface area (Å²) in [5.74, 6) is 0.991. The minimum Gasteiger partial charge on any atom is -0.459 e. The van der Waals surface area contributed by atoms with Gasteiger partial charge in [-0.05, 0) is 43.1 Å². The zero-order valence-corrected chi connectivity index (χ0v) is 12.0. The van der Waals surface area contributed by atoms with E-state index in [-0.39, 0.29) is 6.04 Å². The summed E-state index contributed by atoms with van der Waals surface area (Å²) in [7, 11) is 0. The Balaban J connectivity index is 2.05. The number of fused-ring (bicyclic) bond motifs is 1. The summed E-state index contributed by atoms with van der Waals surface area (Å²) in [4.78, 5) is 1.29. The maximum absolute atomic E-state index is 6.01. The van der Waals surface area contributed by atoms with Gasteiger partial charge < -0.3 is 9.73 Å². The predicted octanol–water partition coefficient (Wildman–Crippen LogP) is 4.50. The normalized spacial score (nSPS) is 12.9. The van der Waals surface area contributed by atoms with Crippen molar-refractivity contribution in [1.82, 2.24) is 5.32 Å². The highest BCUT2D eigenvalue weighted by Crippen LogP contribution is 2.30. The van der Waals surface area contributed by atoms with Crippen LogP contribution in [-0.4, -0.2) is 6.54 Å². The molecule has 0 spiro atoms. The smallest absolute Gasteiger partial charge is 0.134 e. The van der Waals surface area contributed by atoms with E-state index in [1.54, 1.807) is 11.3 Å². The van der Waals surface area contributed by atoms with E-state index in [4.69, 9.17) is 4.42 Å². The SMILES string of the molecule is CCNC(c1cc2cc(C)ccc2o1)c1cccs1. The molecule has 3 aromatic rings. The van der Waals surface area contributed by atoms with E-state index in [0.717, 1.165) is 17.9 Å². The second-order valence-electron chi connectivity index (χ2n) is 4.70. The van der Waals surface area contributed by atoms with Crippen molar-refractivity contribution in [1.29, 1.82) is 0 Å². The fourth-order valence-electron chi connectivity index (χ4n) is 2.33. The van der Waals surface area contributed by atoms with Gasteiger partial charge in [-0.15, -0.1) is 11.3 Å². The second-order valence-corrected chi connectivity index (χ2v) is 5.68. The molecule has 3 rings (SSSR count). The van der Waals surface area contributed by atoms with E-state index < -0.39 is 0 Å². The van der Waals surface area contributed by atoms with Crippen LogP contribution in [0.3, 0.4) is 0 Å². The fraction of sp³-hybridized carbons (Fsp3) is 0.250. The summed E-state index contributed by atoms with van der Waals surface area (Å²) in [6.45, 7) is 5.14. The molecule has 1 N–H and O–H groups in total. The standard InChI is InChI=1S/C16H17NOS/c1-3-17-16(15-5-4-8-19-15)14-10-12-9-11(2)6-7-13(12)18-14/h4-10,16-17H,3H2,1-2H3. The van der Waals surface area contributed by atoms with Gasteiger partial charge in [0.05, 0.1) is 0 Å². The van der Waals surface area contributed by atoms with Gasteiger partial charge in [0.1, 0.15) is 17.4 Å². The molecule has 0 radical (unpaired) electrons. The quantitative estimate of drug-likeness (QED) is 0.755. The molecule has 1 atom stereocenters. The van der Waals surface area contributed by atoms with Crippen LogP contribution in [0, 0.1) is 6.92 Å². The number of aryl methyl sites for hydroxylation is 1. The lowest BCUT2D eigenvalue weighted by Crippen LogP contribution is -2.20. The maximum Gasteiger partial charge on any atom is 0.134 e. The van der Waals surface area contributed by atoms with Gasteiger partial charge in [-0.25, -0.2) is 0 Å². The first kappa shape index (κ1) is 12.5. The van der Waals surface area contributed by atoms with Gasteiger partial charge in [0, 0.05) is 10.3 Å². The van der Waals surface area contributed by atoms with Gasteiger partial charge in [-0.2, -0.15) is 0 Å². The highest BCUT2D eigenvalue weighted by molar-refractivity contribution is 7.10. The molecule has 3 heteroatoms. The van der Waals surface area contributed by atoms with E-state index in [2.05, 4.69) is 54.9 Å². The molecule has 2 heterocycles. The lowest BCUT2D eigenvalue weighted by molar-refractivity contribution is 0.481. The minimum absolute atomic E-state index is 0.151. The Labute approximate surface area is 117 Å². The van der Waals surface area contributed by atoms with Gasteiger partial charge in [-0.3, -0.25) is 0 Å². The van der Waals surface area contributed by atoms with Crippen molar-refractivity contribution in [3.63, 3.8) is 0 Å². The highest BCUT2D eigenvalue weighted by Gasteiger charge is 2.18. The predicted molar refractivity (Wildman–Crippen MR) is 80.8 cm³/mol. The van der Waals surface area contributed by atoms with Crippen LogP contribution in [0.5, 0.6) is 0 Å². The average Bonchev–Trinajstić information content (AvgIpc) is 3.04.